The Bertz CT molecular complexity index is 820. The molecule has 1 saturated heterocycles. The predicted molar refractivity (Wildman–Crippen MR) is 105 cm³/mol. The van der Waals surface area contributed by atoms with Crippen LogP contribution in [0.3, 0.4) is 0 Å². The molecule has 1 heterocycles. The van der Waals surface area contributed by atoms with Crippen LogP contribution in [-0.2, 0) is 19.4 Å². The fourth-order valence-corrected chi connectivity index (χ4v) is 5.39. The summed E-state index contributed by atoms with van der Waals surface area (Å²) in [5.41, 5.74) is 1.75. The second-order valence-corrected chi connectivity index (χ2v) is 9.79. The van der Waals surface area contributed by atoms with Crippen molar-refractivity contribution in [2.75, 3.05) is 42.4 Å². The van der Waals surface area contributed by atoms with Crippen LogP contribution in [0.1, 0.15) is 19.8 Å². The quantitative estimate of drug-likeness (QED) is 0.789. The zero-order valence-corrected chi connectivity index (χ0v) is 16.8. The van der Waals surface area contributed by atoms with Crippen LogP contribution in [0.15, 0.2) is 24.3 Å². The van der Waals surface area contributed by atoms with E-state index in [0.29, 0.717) is 25.1 Å². The van der Waals surface area contributed by atoms with Gasteiger partial charge in [0, 0.05) is 38.1 Å². The van der Waals surface area contributed by atoms with Crippen LogP contribution < -0.4 is 10.2 Å². The molecule has 1 saturated carbocycles. The number of rotatable bonds is 6. The van der Waals surface area contributed by atoms with E-state index in [1.165, 1.54) is 0 Å². The van der Waals surface area contributed by atoms with Crippen molar-refractivity contribution in [2.24, 2.45) is 11.8 Å². The number of nitrogens with zero attached hydrogens (tertiary/aromatic N) is 2. The van der Waals surface area contributed by atoms with Crippen LogP contribution in [0, 0.1) is 11.8 Å². The zero-order valence-electron chi connectivity index (χ0n) is 16.0. The van der Waals surface area contributed by atoms with Crippen LogP contribution >= 0.6 is 0 Å². The van der Waals surface area contributed by atoms with E-state index >= 15 is 0 Å². The number of carbonyl (C=O) groups excluding carboxylic acids is 2. The van der Waals surface area contributed by atoms with Gasteiger partial charge in [-0.15, -0.1) is 0 Å². The van der Waals surface area contributed by atoms with Crippen molar-refractivity contribution in [3.8, 4) is 0 Å². The summed E-state index contributed by atoms with van der Waals surface area (Å²) in [5.74, 6) is -0.746. The maximum absolute atomic E-state index is 12.8. The molecule has 1 N–H and O–H groups in total. The highest BCUT2D eigenvalue weighted by Crippen LogP contribution is 2.41. The molecule has 0 aromatic heterocycles. The van der Waals surface area contributed by atoms with Crippen molar-refractivity contribution in [1.29, 1.82) is 0 Å². The minimum Gasteiger partial charge on any atom is -0.378 e. The van der Waals surface area contributed by atoms with Crippen LogP contribution in [0.5, 0.6) is 0 Å². The molecule has 8 heteroatoms. The Hall–Kier alpha value is -2.09. The van der Waals surface area contributed by atoms with Crippen molar-refractivity contribution in [1.82, 2.24) is 4.90 Å². The van der Waals surface area contributed by atoms with Crippen LogP contribution in [0.25, 0.3) is 0 Å². The van der Waals surface area contributed by atoms with E-state index in [2.05, 4.69) is 5.32 Å². The first kappa shape index (κ1) is 19.7. The standard InChI is InChI=1S/C19H27N3O4S/c1-4-22(15-9-10-27(25,26)12-15)19(24)17-11-16(17)18(23)20-13-5-7-14(8-6-13)21(2)3/h5-8,15-17H,4,9-12H2,1-3H3,(H,20,23). The number of nitrogens with one attached hydrogen (secondary N) is 1. The average molecular weight is 394 g/mol. The lowest BCUT2D eigenvalue weighted by Crippen LogP contribution is -2.42. The number of sulfone groups is 1. The lowest BCUT2D eigenvalue weighted by Gasteiger charge is -2.27. The van der Waals surface area contributed by atoms with Gasteiger partial charge >= 0.3 is 0 Å². The second-order valence-electron chi connectivity index (χ2n) is 7.56. The number of carbonyl (C=O) groups is 2. The first-order chi connectivity index (χ1) is 12.7. The largest absolute Gasteiger partial charge is 0.378 e. The fraction of sp³-hybridized carbons (Fsp3) is 0.579. The Morgan fingerprint density at radius 2 is 1.81 bits per heavy atom. The molecule has 2 amide bonds. The Labute approximate surface area is 160 Å². The highest BCUT2D eigenvalue weighted by Gasteiger charge is 2.50. The van der Waals surface area contributed by atoms with Crippen LogP contribution in [0.2, 0.25) is 0 Å². The number of hydrogen-bond acceptors (Lipinski definition) is 5. The van der Waals surface area contributed by atoms with Crippen LogP contribution in [-0.4, -0.2) is 63.3 Å². The minimum atomic E-state index is -3.05. The molecule has 1 aromatic carbocycles. The van der Waals surface area contributed by atoms with Gasteiger partial charge in [0.05, 0.1) is 23.3 Å². The molecule has 3 unspecified atom stereocenters. The summed E-state index contributed by atoms with van der Waals surface area (Å²) >= 11 is 0. The average Bonchev–Trinajstić information content (AvgIpc) is 3.34. The molecule has 27 heavy (non-hydrogen) atoms. The normalized spacial score (nSPS) is 25.7. The molecule has 1 aromatic rings. The molecule has 1 aliphatic heterocycles. The molecule has 0 radical (unpaired) electrons. The first-order valence-corrected chi connectivity index (χ1v) is 11.1. The fourth-order valence-electron chi connectivity index (χ4n) is 3.66. The number of hydrogen-bond donors (Lipinski definition) is 1. The molecule has 7 nitrogen and oxygen atoms in total. The molecule has 3 rings (SSSR count). The molecular weight excluding hydrogens is 366 g/mol. The van der Waals surface area contributed by atoms with E-state index in [0.717, 1.165) is 5.69 Å². The highest BCUT2D eigenvalue weighted by molar-refractivity contribution is 7.91. The third kappa shape index (κ3) is 4.43. The predicted octanol–water partition coefficient (Wildman–Crippen LogP) is 1.36. The van der Waals surface area contributed by atoms with Crippen LogP contribution in [0.4, 0.5) is 11.4 Å². The smallest absolute Gasteiger partial charge is 0.228 e. The van der Waals surface area contributed by atoms with Crippen molar-refractivity contribution in [3.05, 3.63) is 24.3 Å². The summed E-state index contributed by atoms with van der Waals surface area (Å²) < 4.78 is 23.4. The topological polar surface area (TPSA) is 86.8 Å². The van der Waals surface area contributed by atoms with Gasteiger partial charge in [0.1, 0.15) is 0 Å². The summed E-state index contributed by atoms with van der Waals surface area (Å²) in [4.78, 5) is 28.8. The Morgan fingerprint density at radius 1 is 1.15 bits per heavy atom. The van der Waals surface area contributed by atoms with E-state index in [1.807, 2.05) is 50.2 Å². The first-order valence-electron chi connectivity index (χ1n) is 9.31. The number of amides is 2. The van der Waals surface area contributed by atoms with Crippen molar-refractivity contribution >= 4 is 33.0 Å². The van der Waals surface area contributed by atoms with E-state index < -0.39 is 9.84 Å². The summed E-state index contributed by atoms with van der Waals surface area (Å²) in [6, 6.07) is 7.27. The van der Waals surface area contributed by atoms with Gasteiger partial charge in [-0.1, -0.05) is 0 Å². The van der Waals surface area contributed by atoms with Gasteiger partial charge in [-0.2, -0.15) is 0 Å². The van der Waals surface area contributed by atoms with Gasteiger partial charge in [0.2, 0.25) is 11.8 Å². The van der Waals surface area contributed by atoms with Gasteiger partial charge in [0.25, 0.3) is 0 Å². The van der Waals surface area contributed by atoms with Gasteiger partial charge in [-0.3, -0.25) is 9.59 Å². The van der Waals surface area contributed by atoms with Gasteiger partial charge in [-0.25, -0.2) is 8.42 Å². The molecule has 148 valence electrons. The number of anilines is 2. The highest BCUT2D eigenvalue weighted by atomic mass is 32.2. The third-order valence-corrected chi connectivity index (χ3v) is 7.12. The van der Waals surface area contributed by atoms with Gasteiger partial charge in [-0.05, 0) is 44.0 Å². The lowest BCUT2D eigenvalue weighted by atomic mass is 10.1. The molecule has 2 fully saturated rings. The summed E-state index contributed by atoms with van der Waals surface area (Å²) in [6.45, 7) is 2.32. The summed E-state index contributed by atoms with van der Waals surface area (Å²) in [5, 5.41) is 2.87. The Morgan fingerprint density at radius 3 is 2.33 bits per heavy atom. The van der Waals surface area contributed by atoms with E-state index in [9.17, 15) is 18.0 Å². The molecule has 3 atom stereocenters. The molecule has 0 bridgehead atoms. The van der Waals surface area contributed by atoms with E-state index in [1.54, 1.807) is 4.90 Å². The van der Waals surface area contributed by atoms with Gasteiger partial charge in [0.15, 0.2) is 9.84 Å². The maximum Gasteiger partial charge on any atom is 0.228 e. The molecular formula is C19H27N3O4S. The Kier molecular flexibility index (Phi) is 5.46. The lowest BCUT2D eigenvalue weighted by molar-refractivity contribution is -0.135. The molecule has 1 aliphatic carbocycles. The number of benzene rings is 1. The minimum absolute atomic E-state index is 0.0361. The monoisotopic (exact) mass is 393 g/mol. The van der Waals surface area contributed by atoms with Crippen molar-refractivity contribution < 1.29 is 18.0 Å². The Balaban J connectivity index is 1.57. The summed E-state index contributed by atoms with van der Waals surface area (Å²) in [6.07, 6.45) is 1.01. The van der Waals surface area contributed by atoms with E-state index in [4.69, 9.17) is 0 Å². The second kappa shape index (κ2) is 7.50. The summed E-state index contributed by atoms with van der Waals surface area (Å²) in [7, 11) is 0.849. The van der Waals surface area contributed by atoms with Gasteiger partial charge < -0.3 is 15.1 Å². The van der Waals surface area contributed by atoms with E-state index in [-0.39, 0.29) is 41.2 Å². The van der Waals surface area contributed by atoms with Crippen molar-refractivity contribution in [2.45, 2.75) is 25.8 Å². The molecule has 2 aliphatic rings. The van der Waals surface area contributed by atoms with Crippen molar-refractivity contribution in [3.63, 3.8) is 0 Å². The molecule has 0 spiro atoms. The zero-order chi connectivity index (χ0) is 19.8. The SMILES string of the molecule is CCN(C(=O)C1CC1C(=O)Nc1ccc(N(C)C)cc1)C1CCS(=O)(=O)C1. The third-order valence-electron chi connectivity index (χ3n) is 5.37. The maximum atomic E-state index is 12.8.